The first-order valence-corrected chi connectivity index (χ1v) is 8.74. The zero-order valence-corrected chi connectivity index (χ0v) is 13.3. The molecule has 0 bridgehead atoms. The number of hydrogen-bond acceptors (Lipinski definition) is 2. The van der Waals surface area contributed by atoms with Gasteiger partial charge in [-0.15, -0.1) is 0 Å². The molecule has 2 unspecified atom stereocenters. The second-order valence-corrected chi connectivity index (χ2v) is 6.47. The minimum atomic E-state index is 0.234. The first-order valence-electron chi connectivity index (χ1n) is 8.74. The molecule has 0 aromatic heterocycles. The zero-order valence-electron chi connectivity index (χ0n) is 13.3. The van der Waals surface area contributed by atoms with Gasteiger partial charge >= 0.3 is 0 Å². The minimum Gasteiger partial charge on any atom is -0.356 e. The molecule has 118 valence electrons. The molecular weight excluding hydrogens is 248 g/mol. The van der Waals surface area contributed by atoms with E-state index in [1.165, 1.54) is 51.4 Å². The highest BCUT2D eigenvalue weighted by Crippen LogP contribution is 2.22. The van der Waals surface area contributed by atoms with Gasteiger partial charge in [0.25, 0.3) is 0 Å². The number of hydrogen-bond donors (Lipinski definition) is 2. The van der Waals surface area contributed by atoms with Crippen LogP contribution >= 0.6 is 0 Å². The quantitative estimate of drug-likeness (QED) is 0.599. The summed E-state index contributed by atoms with van der Waals surface area (Å²) in [5, 5.41) is 3.09. The van der Waals surface area contributed by atoms with E-state index in [2.05, 4.69) is 12.2 Å². The van der Waals surface area contributed by atoms with Gasteiger partial charge in [-0.3, -0.25) is 4.79 Å². The van der Waals surface area contributed by atoms with Crippen molar-refractivity contribution in [3.05, 3.63) is 0 Å². The van der Waals surface area contributed by atoms with Gasteiger partial charge in [-0.2, -0.15) is 0 Å². The molecule has 3 N–H and O–H groups in total. The molecule has 1 saturated carbocycles. The fourth-order valence-corrected chi connectivity index (χ4v) is 3.11. The Kier molecular flexibility index (Phi) is 9.73. The van der Waals surface area contributed by atoms with Crippen LogP contribution < -0.4 is 11.1 Å². The van der Waals surface area contributed by atoms with Crippen molar-refractivity contribution in [1.82, 2.24) is 5.32 Å². The summed E-state index contributed by atoms with van der Waals surface area (Å²) >= 11 is 0. The molecule has 0 saturated heterocycles. The van der Waals surface area contributed by atoms with Crippen molar-refractivity contribution in [1.29, 1.82) is 0 Å². The molecule has 3 heteroatoms. The van der Waals surface area contributed by atoms with Crippen molar-refractivity contribution in [2.24, 2.45) is 11.7 Å². The van der Waals surface area contributed by atoms with Crippen LogP contribution in [0.1, 0.15) is 84.0 Å². The Morgan fingerprint density at radius 2 is 1.80 bits per heavy atom. The van der Waals surface area contributed by atoms with Gasteiger partial charge in [0, 0.05) is 19.0 Å². The number of nitrogens with two attached hydrogens (primary N) is 1. The van der Waals surface area contributed by atoms with Crippen LogP contribution in [0.5, 0.6) is 0 Å². The maximum atomic E-state index is 11.8. The first-order chi connectivity index (χ1) is 9.72. The van der Waals surface area contributed by atoms with E-state index in [0.29, 0.717) is 18.4 Å². The molecule has 1 amide bonds. The van der Waals surface area contributed by atoms with Crippen molar-refractivity contribution < 1.29 is 4.79 Å². The molecule has 20 heavy (non-hydrogen) atoms. The maximum Gasteiger partial charge on any atom is 0.220 e. The lowest BCUT2D eigenvalue weighted by Crippen LogP contribution is -2.35. The molecular formula is C17H34N2O. The third kappa shape index (κ3) is 8.57. The molecule has 0 radical (unpaired) electrons. The molecule has 0 aromatic rings. The number of unbranched alkanes of at least 4 members (excludes halogenated alkanes) is 6. The SMILES string of the molecule is CCCCCCCCCC(=O)NCC1CCCC(N)C1. The van der Waals surface area contributed by atoms with Crippen molar-refractivity contribution in [2.75, 3.05) is 6.54 Å². The van der Waals surface area contributed by atoms with E-state index >= 15 is 0 Å². The van der Waals surface area contributed by atoms with E-state index in [-0.39, 0.29) is 5.91 Å². The Hall–Kier alpha value is -0.570. The van der Waals surface area contributed by atoms with Gasteiger partial charge in [0.05, 0.1) is 0 Å². The third-order valence-electron chi connectivity index (χ3n) is 4.42. The van der Waals surface area contributed by atoms with E-state index in [0.717, 1.165) is 25.8 Å². The summed E-state index contributed by atoms with van der Waals surface area (Å²) in [5.41, 5.74) is 5.97. The third-order valence-corrected chi connectivity index (χ3v) is 4.42. The summed E-state index contributed by atoms with van der Waals surface area (Å²) in [6.07, 6.45) is 14.2. The zero-order chi connectivity index (χ0) is 14.6. The summed E-state index contributed by atoms with van der Waals surface area (Å²) in [5.74, 6) is 0.842. The number of carbonyl (C=O) groups excluding carboxylic acids is 1. The fourth-order valence-electron chi connectivity index (χ4n) is 3.11. The average Bonchev–Trinajstić information content (AvgIpc) is 2.44. The lowest BCUT2D eigenvalue weighted by molar-refractivity contribution is -0.121. The van der Waals surface area contributed by atoms with Crippen molar-refractivity contribution in [3.63, 3.8) is 0 Å². The Bertz CT molecular complexity index is 255. The second kappa shape index (κ2) is 11.1. The van der Waals surface area contributed by atoms with Crippen LogP contribution in [0.4, 0.5) is 0 Å². The average molecular weight is 282 g/mol. The molecule has 1 aliphatic carbocycles. The van der Waals surface area contributed by atoms with Crippen LogP contribution in [0.15, 0.2) is 0 Å². The molecule has 2 atom stereocenters. The van der Waals surface area contributed by atoms with E-state index in [4.69, 9.17) is 5.73 Å². The molecule has 1 aliphatic rings. The largest absolute Gasteiger partial charge is 0.356 e. The van der Waals surface area contributed by atoms with E-state index in [9.17, 15) is 4.79 Å². The second-order valence-electron chi connectivity index (χ2n) is 6.47. The highest BCUT2D eigenvalue weighted by molar-refractivity contribution is 5.75. The topological polar surface area (TPSA) is 55.1 Å². The highest BCUT2D eigenvalue weighted by atomic mass is 16.1. The van der Waals surface area contributed by atoms with Crippen molar-refractivity contribution >= 4 is 5.91 Å². The van der Waals surface area contributed by atoms with E-state index in [1.807, 2.05) is 0 Å². The molecule has 0 heterocycles. The first kappa shape index (κ1) is 17.5. The predicted molar refractivity (Wildman–Crippen MR) is 85.6 cm³/mol. The Balaban J connectivity index is 1.92. The molecule has 0 spiro atoms. The molecule has 1 fully saturated rings. The number of amides is 1. The number of nitrogens with one attached hydrogen (secondary N) is 1. The normalized spacial score (nSPS) is 22.7. The lowest BCUT2D eigenvalue weighted by atomic mass is 9.86. The van der Waals surface area contributed by atoms with Crippen LogP contribution in [0.2, 0.25) is 0 Å². The molecule has 1 rings (SSSR count). The molecule has 0 aliphatic heterocycles. The maximum absolute atomic E-state index is 11.8. The summed E-state index contributed by atoms with van der Waals surface area (Å²) < 4.78 is 0. The van der Waals surface area contributed by atoms with Crippen LogP contribution in [-0.2, 0) is 4.79 Å². The predicted octanol–water partition coefficient (Wildman–Crippen LogP) is 3.76. The van der Waals surface area contributed by atoms with Gasteiger partial charge in [-0.25, -0.2) is 0 Å². The number of carbonyl (C=O) groups is 1. The fraction of sp³-hybridized carbons (Fsp3) is 0.941. The monoisotopic (exact) mass is 282 g/mol. The van der Waals surface area contributed by atoms with Crippen LogP contribution in [0, 0.1) is 5.92 Å². The van der Waals surface area contributed by atoms with Gasteiger partial charge < -0.3 is 11.1 Å². The van der Waals surface area contributed by atoms with Gasteiger partial charge in [-0.1, -0.05) is 51.9 Å². The van der Waals surface area contributed by atoms with Crippen LogP contribution in [-0.4, -0.2) is 18.5 Å². The Morgan fingerprint density at radius 1 is 1.10 bits per heavy atom. The van der Waals surface area contributed by atoms with E-state index in [1.54, 1.807) is 0 Å². The van der Waals surface area contributed by atoms with E-state index < -0.39 is 0 Å². The van der Waals surface area contributed by atoms with Crippen LogP contribution in [0.25, 0.3) is 0 Å². The molecule has 0 aromatic carbocycles. The van der Waals surface area contributed by atoms with Gasteiger partial charge in [-0.05, 0) is 31.6 Å². The Morgan fingerprint density at radius 3 is 2.50 bits per heavy atom. The lowest BCUT2D eigenvalue weighted by Gasteiger charge is -2.26. The summed E-state index contributed by atoms with van der Waals surface area (Å²) in [6, 6.07) is 0.355. The summed E-state index contributed by atoms with van der Waals surface area (Å²) in [7, 11) is 0. The van der Waals surface area contributed by atoms with Gasteiger partial charge in [0.1, 0.15) is 0 Å². The Labute approximate surface area is 125 Å². The number of rotatable bonds is 10. The highest BCUT2D eigenvalue weighted by Gasteiger charge is 2.19. The standard InChI is InChI=1S/C17H34N2O/c1-2-3-4-5-6-7-8-12-17(20)19-14-15-10-9-11-16(18)13-15/h15-16H,2-14,18H2,1H3,(H,19,20). The van der Waals surface area contributed by atoms with Crippen LogP contribution in [0.3, 0.4) is 0 Å². The van der Waals surface area contributed by atoms with Crippen molar-refractivity contribution in [2.45, 2.75) is 90.0 Å². The minimum absolute atomic E-state index is 0.234. The summed E-state index contributed by atoms with van der Waals surface area (Å²) in [4.78, 5) is 11.8. The van der Waals surface area contributed by atoms with Crippen molar-refractivity contribution in [3.8, 4) is 0 Å². The molecule has 3 nitrogen and oxygen atoms in total. The smallest absolute Gasteiger partial charge is 0.220 e. The van der Waals surface area contributed by atoms with Gasteiger partial charge in [0.15, 0.2) is 0 Å². The summed E-state index contributed by atoms with van der Waals surface area (Å²) in [6.45, 7) is 3.08. The van der Waals surface area contributed by atoms with Gasteiger partial charge in [0.2, 0.25) is 5.91 Å².